The van der Waals surface area contributed by atoms with Crippen molar-refractivity contribution in [3.05, 3.63) is 52.4 Å². The summed E-state index contributed by atoms with van der Waals surface area (Å²) in [4.78, 5) is 0. The summed E-state index contributed by atoms with van der Waals surface area (Å²) < 4.78 is 6.35. The molecule has 2 rings (SSSR count). The van der Waals surface area contributed by atoms with Crippen molar-refractivity contribution in [2.75, 3.05) is 5.32 Å². The van der Waals surface area contributed by atoms with Crippen molar-refractivity contribution < 1.29 is 4.42 Å². The Balaban J connectivity index is 1.93. The van der Waals surface area contributed by atoms with Gasteiger partial charge in [0.25, 0.3) is 0 Å². The van der Waals surface area contributed by atoms with E-state index < -0.39 is 0 Å². The highest BCUT2D eigenvalue weighted by Crippen LogP contribution is 2.19. The molecule has 1 aromatic carbocycles. The summed E-state index contributed by atoms with van der Waals surface area (Å²) in [6, 6.07) is 10.5. The van der Waals surface area contributed by atoms with Gasteiger partial charge in [0.1, 0.15) is 5.76 Å². The molecule has 3 heteroatoms. The van der Waals surface area contributed by atoms with Gasteiger partial charge in [-0.25, -0.2) is 0 Å². The molecule has 0 radical (unpaired) electrons. The van der Waals surface area contributed by atoms with Crippen molar-refractivity contribution in [1.29, 1.82) is 0 Å². The summed E-state index contributed by atoms with van der Waals surface area (Å²) in [7, 11) is 0. The van der Waals surface area contributed by atoms with E-state index in [1.807, 2.05) is 6.07 Å². The topological polar surface area (TPSA) is 25.2 Å². The van der Waals surface area contributed by atoms with Gasteiger partial charge >= 0.3 is 0 Å². The molecule has 0 saturated carbocycles. The number of hydrogen-bond acceptors (Lipinski definition) is 2. The van der Waals surface area contributed by atoms with Crippen molar-refractivity contribution in [1.82, 2.24) is 0 Å². The molecule has 0 amide bonds. The third kappa shape index (κ3) is 3.37. The molecular weight excluding hydrogens is 278 g/mol. The van der Waals surface area contributed by atoms with E-state index >= 15 is 0 Å². The lowest BCUT2D eigenvalue weighted by atomic mass is 10.1. The van der Waals surface area contributed by atoms with Crippen LogP contribution < -0.4 is 5.32 Å². The highest BCUT2D eigenvalue weighted by Gasteiger charge is 2.02. The SMILES string of the molecule is CCCc1ccc(NCc2occc2Br)cc1. The zero-order chi connectivity index (χ0) is 12.1. The van der Waals surface area contributed by atoms with Crippen LogP contribution in [-0.2, 0) is 13.0 Å². The predicted octanol–water partition coefficient (Wildman–Crippen LogP) is 4.61. The molecule has 1 heterocycles. The Bertz CT molecular complexity index is 461. The molecule has 0 aliphatic rings. The molecule has 0 aliphatic carbocycles. The van der Waals surface area contributed by atoms with Crippen LogP contribution in [0.5, 0.6) is 0 Å². The standard InChI is InChI=1S/C14H16BrNO/c1-2-3-11-4-6-12(7-5-11)16-10-14-13(15)8-9-17-14/h4-9,16H,2-3,10H2,1H3. The normalized spacial score (nSPS) is 10.5. The monoisotopic (exact) mass is 293 g/mol. The van der Waals surface area contributed by atoms with Crippen LogP contribution in [0.4, 0.5) is 5.69 Å². The number of anilines is 1. The third-order valence-corrected chi connectivity index (χ3v) is 3.34. The maximum Gasteiger partial charge on any atom is 0.136 e. The quantitative estimate of drug-likeness (QED) is 0.871. The third-order valence-electron chi connectivity index (χ3n) is 2.64. The molecular formula is C14H16BrNO. The molecule has 2 nitrogen and oxygen atoms in total. The summed E-state index contributed by atoms with van der Waals surface area (Å²) in [5, 5.41) is 3.33. The van der Waals surface area contributed by atoms with E-state index in [9.17, 15) is 0 Å². The fourth-order valence-corrected chi connectivity index (χ4v) is 2.05. The van der Waals surface area contributed by atoms with Gasteiger partial charge in [-0.3, -0.25) is 0 Å². The van der Waals surface area contributed by atoms with Crippen LogP contribution in [0, 0.1) is 0 Å². The van der Waals surface area contributed by atoms with Gasteiger partial charge < -0.3 is 9.73 Å². The second-order valence-corrected chi connectivity index (χ2v) is 4.85. The first kappa shape index (κ1) is 12.2. The largest absolute Gasteiger partial charge is 0.466 e. The lowest BCUT2D eigenvalue weighted by Gasteiger charge is -2.06. The Morgan fingerprint density at radius 3 is 2.53 bits per heavy atom. The van der Waals surface area contributed by atoms with E-state index in [-0.39, 0.29) is 0 Å². The Labute approximate surface area is 110 Å². The van der Waals surface area contributed by atoms with Gasteiger partial charge in [-0.05, 0) is 46.1 Å². The van der Waals surface area contributed by atoms with Crippen molar-refractivity contribution in [2.24, 2.45) is 0 Å². The number of rotatable bonds is 5. The first-order valence-electron chi connectivity index (χ1n) is 5.84. The van der Waals surface area contributed by atoms with Crippen LogP contribution in [0.15, 0.2) is 45.5 Å². The van der Waals surface area contributed by atoms with Gasteiger partial charge in [0, 0.05) is 5.69 Å². The molecule has 0 fully saturated rings. The molecule has 1 N–H and O–H groups in total. The highest BCUT2D eigenvalue weighted by atomic mass is 79.9. The summed E-state index contributed by atoms with van der Waals surface area (Å²) in [6.07, 6.45) is 4.02. The number of benzene rings is 1. The van der Waals surface area contributed by atoms with E-state index in [0.29, 0.717) is 6.54 Å². The molecule has 0 unspecified atom stereocenters. The Kier molecular flexibility index (Phi) is 4.26. The number of halogens is 1. The van der Waals surface area contributed by atoms with Crippen LogP contribution in [0.3, 0.4) is 0 Å². The minimum atomic E-state index is 0.695. The highest BCUT2D eigenvalue weighted by molar-refractivity contribution is 9.10. The molecule has 0 saturated heterocycles. The molecule has 90 valence electrons. The predicted molar refractivity (Wildman–Crippen MR) is 74.2 cm³/mol. The summed E-state index contributed by atoms with van der Waals surface area (Å²) in [5.41, 5.74) is 2.50. The van der Waals surface area contributed by atoms with Gasteiger partial charge in [0.15, 0.2) is 0 Å². The summed E-state index contributed by atoms with van der Waals surface area (Å²) >= 11 is 3.44. The van der Waals surface area contributed by atoms with Gasteiger partial charge in [0.2, 0.25) is 0 Å². The maximum absolute atomic E-state index is 5.34. The Morgan fingerprint density at radius 2 is 1.94 bits per heavy atom. The zero-order valence-electron chi connectivity index (χ0n) is 9.87. The molecule has 2 aromatic rings. The average Bonchev–Trinajstić information content (AvgIpc) is 2.75. The van der Waals surface area contributed by atoms with Crippen molar-refractivity contribution in [3.63, 3.8) is 0 Å². The smallest absolute Gasteiger partial charge is 0.136 e. The van der Waals surface area contributed by atoms with Crippen LogP contribution in [-0.4, -0.2) is 0 Å². The van der Waals surface area contributed by atoms with Gasteiger partial charge in [-0.1, -0.05) is 25.5 Å². The lowest BCUT2D eigenvalue weighted by molar-refractivity contribution is 0.516. The summed E-state index contributed by atoms with van der Waals surface area (Å²) in [6.45, 7) is 2.89. The van der Waals surface area contributed by atoms with Crippen molar-refractivity contribution in [2.45, 2.75) is 26.3 Å². The van der Waals surface area contributed by atoms with Crippen molar-refractivity contribution >= 4 is 21.6 Å². The van der Waals surface area contributed by atoms with Gasteiger partial charge in [-0.2, -0.15) is 0 Å². The lowest BCUT2D eigenvalue weighted by Crippen LogP contribution is -1.98. The van der Waals surface area contributed by atoms with Crippen LogP contribution in [0.25, 0.3) is 0 Å². The number of aryl methyl sites for hydroxylation is 1. The first-order chi connectivity index (χ1) is 8.29. The first-order valence-corrected chi connectivity index (χ1v) is 6.63. The number of nitrogens with one attached hydrogen (secondary N) is 1. The Hall–Kier alpha value is -1.22. The van der Waals surface area contributed by atoms with Crippen LogP contribution in [0.1, 0.15) is 24.7 Å². The fourth-order valence-electron chi connectivity index (χ4n) is 1.71. The van der Waals surface area contributed by atoms with Gasteiger partial charge in [0.05, 0.1) is 17.3 Å². The van der Waals surface area contributed by atoms with E-state index in [4.69, 9.17) is 4.42 Å². The molecule has 0 atom stereocenters. The average molecular weight is 294 g/mol. The minimum Gasteiger partial charge on any atom is -0.466 e. The second-order valence-electron chi connectivity index (χ2n) is 3.99. The zero-order valence-corrected chi connectivity index (χ0v) is 11.5. The van der Waals surface area contributed by atoms with E-state index in [0.717, 1.165) is 22.3 Å². The molecule has 0 bridgehead atoms. The maximum atomic E-state index is 5.34. The molecule has 0 aliphatic heterocycles. The van der Waals surface area contributed by atoms with Gasteiger partial charge in [-0.15, -0.1) is 0 Å². The van der Waals surface area contributed by atoms with Crippen LogP contribution in [0.2, 0.25) is 0 Å². The van der Waals surface area contributed by atoms with E-state index in [1.165, 1.54) is 12.0 Å². The van der Waals surface area contributed by atoms with Crippen LogP contribution >= 0.6 is 15.9 Å². The summed E-state index contributed by atoms with van der Waals surface area (Å²) in [5.74, 6) is 0.919. The number of hydrogen-bond donors (Lipinski definition) is 1. The minimum absolute atomic E-state index is 0.695. The van der Waals surface area contributed by atoms with E-state index in [2.05, 4.69) is 52.4 Å². The Morgan fingerprint density at radius 1 is 1.18 bits per heavy atom. The second kappa shape index (κ2) is 5.92. The molecule has 1 aromatic heterocycles. The number of furan rings is 1. The van der Waals surface area contributed by atoms with Crippen molar-refractivity contribution in [3.8, 4) is 0 Å². The molecule has 17 heavy (non-hydrogen) atoms. The van der Waals surface area contributed by atoms with E-state index in [1.54, 1.807) is 6.26 Å². The fraction of sp³-hybridized carbons (Fsp3) is 0.286. The molecule has 0 spiro atoms.